The molecule has 0 spiro atoms. The van der Waals surface area contributed by atoms with Crippen LogP contribution >= 0.6 is 22.6 Å². The van der Waals surface area contributed by atoms with Crippen LogP contribution in [0.5, 0.6) is 11.5 Å². The van der Waals surface area contributed by atoms with Crippen LogP contribution in [-0.4, -0.2) is 17.2 Å². The molecule has 2 aromatic rings. The standard InChI is InChI=1S/C14H11IN2O3/c1-7-3-9(10(6-16)14(19)17-7)8-4-11(15)13(18)12(5-8)20-2/h3-5,18H,1-2H3,(H,17,19). The van der Waals surface area contributed by atoms with E-state index in [0.717, 1.165) is 0 Å². The summed E-state index contributed by atoms with van der Waals surface area (Å²) in [4.78, 5) is 14.4. The maximum Gasteiger partial charge on any atom is 0.266 e. The average molecular weight is 382 g/mol. The van der Waals surface area contributed by atoms with E-state index in [-0.39, 0.29) is 11.3 Å². The van der Waals surface area contributed by atoms with E-state index in [1.165, 1.54) is 7.11 Å². The molecule has 0 aliphatic heterocycles. The SMILES string of the molecule is COc1cc(-c2cc(C)[nH]c(=O)c2C#N)cc(I)c1O. The van der Waals surface area contributed by atoms with Crippen molar-refractivity contribution in [1.29, 1.82) is 5.26 Å². The maximum atomic E-state index is 11.8. The van der Waals surface area contributed by atoms with Crippen molar-refractivity contribution < 1.29 is 9.84 Å². The number of aryl methyl sites for hydroxylation is 1. The molecule has 0 saturated heterocycles. The van der Waals surface area contributed by atoms with E-state index in [9.17, 15) is 9.90 Å². The number of hydrogen-bond acceptors (Lipinski definition) is 4. The van der Waals surface area contributed by atoms with E-state index >= 15 is 0 Å². The minimum Gasteiger partial charge on any atom is -0.504 e. The Balaban J connectivity index is 2.79. The monoisotopic (exact) mass is 382 g/mol. The van der Waals surface area contributed by atoms with Gasteiger partial charge in [0, 0.05) is 11.3 Å². The van der Waals surface area contributed by atoms with Crippen LogP contribution in [0, 0.1) is 21.8 Å². The number of pyridine rings is 1. The lowest BCUT2D eigenvalue weighted by Gasteiger charge is -2.10. The number of aromatic hydroxyl groups is 1. The van der Waals surface area contributed by atoms with Gasteiger partial charge in [-0.25, -0.2) is 0 Å². The first-order chi connectivity index (χ1) is 9.47. The number of H-pyrrole nitrogens is 1. The molecule has 2 rings (SSSR count). The van der Waals surface area contributed by atoms with Crippen molar-refractivity contribution in [1.82, 2.24) is 4.98 Å². The summed E-state index contributed by atoms with van der Waals surface area (Å²) in [6.07, 6.45) is 0. The highest BCUT2D eigenvalue weighted by atomic mass is 127. The lowest BCUT2D eigenvalue weighted by molar-refractivity contribution is 0.372. The van der Waals surface area contributed by atoms with Crippen LogP contribution in [0.3, 0.4) is 0 Å². The molecule has 0 saturated carbocycles. The maximum absolute atomic E-state index is 11.8. The number of nitrogens with zero attached hydrogens (tertiary/aromatic N) is 1. The molecule has 1 heterocycles. The molecule has 0 unspecified atom stereocenters. The summed E-state index contributed by atoms with van der Waals surface area (Å²) >= 11 is 1.97. The summed E-state index contributed by atoms with van der Waals surface area (Å²) in [7, 11) is 1.45. The third-order valence-electron chi connectivity index (χ3n) is 2.84. The third kappa shape index (κ3) is 2.49. The number of phenolic OH excluding ortho intramolecular Hbond substituents is 1. The van der Waals surface area contributed by atoms with Crippen molar-refractivity contribution in [3.63, 3.8) is 0 Å². The van der Waals surface area contributed by atoms with Gasteiger partial charge in [0.15, 0.2) is 11.5 Å². The molecule has 0 fully saturated rings. The summed E-state index contributed by atoms with van der Waals surface area (Å²) < 4.78 is 5.68. The smallest absolute Gasteiger partial charge is 0.266 e. The quantitative estimate of drug-likeness (QED) is 0.782. The van der Waals surface area contributed by atoms with Crippen LogP contribution in [-0.2, 0) is 0 Å². The summed E-state index contributed by atoms with van der Waals surface area (Å²) in [5, 5.41) is 19.0. The van der Waals surface area contributed by atoms with Crippen molar-refractivity contribution in [3.8, 4) is 28.7 Å². The second kappa shape index (κ2) is 5.54. The highest BCUT2D eigenvalue weighted by molar-refractivity contribution is 14.1. The Labute approximate surface area is 129 Å². The van der Waals surface area contributed by atoms with Gasteiger partial charge in [0.2, 0.25) is 0 Å². The van der Waals surface area contributed by atoms with E-state index in [1.807, 2.05) is 28.7 Å². The first kappa shape index (κ1) is 14.4. The second-order valence-corrected chi connectivity index (χ2v) is 5.35. The van der Waals surface area contributed by atoms with Crippen LogP contribution in [0.4, 0.5) is 0 Å². The molecule has 1 aromatic heterocycles. The topological polar surface area (TPSA) is 86.1 Å². The van der Waals surface area contributed by atoms with Gasteiger partial charge in [0.25, 0.3) is 5.56 Å². The van der Waals surface area contributed by atoms with E-state index < -0.39 is 5.56 Å². The van der Waals surface area contributed by atoms with Gasteiger partial charge in [-0.05, 0) is 53.3 Å². The van der Waals surface area contributed by atoms with Gasteiger partial charge in [0.1, 0.15) is 11.6 Å². The van der Waals surface area contributed by atoms with Crippen molar-refractivity contribution in [2.24, 2.45) is 0 Å². The Bertz CT molecular complexity index is 775. The van der Waals surface area contributed by atoms with Gasteiger partial charge in [-0.1, -0.05) is 0 Å². The highest BCUT2D eigenvalue weighted by Crippen LogP contribution is 2.36. The molecular weight excluding hydrogens is 371 g/mol. The molecule has 5 nitrogen and oxygen atoms in total. The Kier molecular flexibility index (Phi) is 3.99. The van der Waals surface area contributed by atoms with E-state index in [2.05, 4.69) is 4.98 Å². The fourth-order valence-corrected chi connectivity index (χ4v) is 2.51. The van der Waals surface area contributed by atoms with Crippen LogP contribution in [0.25, 0.3) is 11.1 Å². The average Bonchev–Trinajstić information content (AvgIpc) is 2.41. The Hall–Kier alpha value is -2.01. The highest BCUT2D eigenvalue weighted by Gasteiger charge is 2.14. The first-order valence-corrected chi connectivity index (χ1v) is 6.76. The lowest BCUT2D eigenvalue weighted by atomic mass is 10.0. The summed E-state index contributed by atoms with van der Waals surface area (Å²) in [6.45, 7) is 1.74. The zero-order valence-electron chi connectivity index (χ0n) is 10.8. The van der Waals surface area contributed by atoms with Crippen molar-refractivity contribution >= 4 is 22.6 Å². The lowest BCUT2D eigenvalue weighted by Crippen LogP contribution is -2.12. The normalized spacial score (nSPS) is 10.1. The van der Waals surface area contributed by atoms with Gasteiger partial charge >= 0.3 is 0 Å². The Morgan fingerprint density at radius 3 is 2.70 bits per heavy atom. The number of rotatable bonds is 2. The zero-order chi connectivity index (χ0) is 14.9. The van der Waals surface area contributed by atoms with Crippen LogP contribution in [0.15, 0.2) is 23.0 Å². The van der Waals surface area contributed by atoms with Gasteiger partial charge in [0.05, 0.1) is 10.7 Å². The number of ether oxygens (including phenoxy) is 1. The molecule has 0 amide bonds. The van der Waals surface area contributed by atoms with Gasteiger partial charge in [-0.2, -0.15) is 5.26 Å². The first-order valence-electron chi connectivity index (χ1n) is 5.68. The fraction of sp³-hybridized carbons (Fsp3) is 0.143. The molecule has 0 radical (unpaired) electrons. The van der Waals surface area contributed by atoms with E-state index in [0.29, 0.717) is 26.1 Å². The molecule has 0 aliphatic rings. The predicted octanol–water partition coefficient (Wildman–Crippen LogP) is 2.54. The predicted molar refractivity (Wildman–Crippen MR) is 82.9 cm³/mol. The summed E-state index contributed by atoms with van der Waals surface area (Å²) in [5.41, 5.74) is 1.44. The fourth-order valence-electron chi connectivity index (χ4n) is 1.91. The molecule has 0 atom stereocenters. The van der Waals surface area contributed by atoms with Gasteiger partial charge < -0.3 is 14.8 Å². The van der Waals surface area contributed by atoms with E-state index in [1.54, 1.807) is 25.1 Å². The number of aromatic amines is 1. The second-order valence-electron chi connectivity index (χ2n) is 4.19. The van der Waals surface area contributed by atoms with Crippen molar-refractivity contribution in [3.05, 3.63) is 43.4 Å². The largest absolute Gasteiger partial charge is 0.504 e. The molecule has 6 heteroatoms. The van der Waals surface area contributed by atoms with Crippen molar-refractivity contribution in [2.45, 2.75) is 6.92 Å². The molecular formula is C14H11IN2O3. The molecule has 1 aromatic carbocycles. The number of aromatic nitrogens is 1. The number of hydrogen-bond donors (Lipinski definition) is 2. The van der Waals surface area contributed by atoms with Crippen molar-refractivity contribution in [2.75, 3.05) is 7.11 Å². The molecule has 102 valence electrons. The molecule has 0 bridgehead atoms. The number of benzene rings is 1. The minimum atomic E-state index is -0.426. The number of nitriles is 1. The number of nitrogens with one attached hydrogen (secondary N) is 1. The molecule has 2 N–H and O–H groups in total. The third-order valence-corrected chi connectivity index (χ3v) is 3.66. The Morgan fingerprint density at radius 1 is 1.40 bits per heavy atom. The van der Waals surface area contributed by atoms with E-state index in [4.69, 9.17) is 10.00 Å². The molecule has 20 heavy (non-hydrogen) atoms. The van der Waals surface area contributed by atoms with Gasteiger partial charge in [-0.15, -0.1) is 0 Å². The zero-order valence-corrected chi connectivity index (χ0v) is 13.0. The van der Waals surface area contributed by atoms with Crippen LogP contribution < -0.4 is 10.3 Å². The van der Waals surface area contributed by atoms with Gasteiger partial charge in [-0.3, -0.25) is 4.79 Å². The summed E-state index contributed by atoms with van der Waals surface area (Å²) in [6, 6.07) is 6.94. The Morgan fingerprint density at radius 2 is 2.10 bits per heavy atom. The number of methoxy groups -OCH3 is 1. The molecule has 0 aliphatic carbocycles. The van der Waals surface area contributed by atoms with Crippen LogP contribution in [0.1, 0.15) is 11.3 Å². The minimum absolute atomic E-state index is 0.0388. The number of halogens is 1. The van der Waals surface area contributed by atoms with Crippen LogP contribution in [0.2, 0.25) is 0 Å². The number of phenols is 1. The summed E-state index contributed by atoms with van der Waals surface area (Å²) in [5.74, 6) is 0.339.